The van der Waals surface area contributed by atoms with E-state index < -0.39 is 6.04 Å². The highest BCUT2D eigenvalue weighted by atomic mass is 32.2. The van der Waals surface area contributed by atoms with E-state index in [-0.39, 0.29) is 11.8 Å². The van der Waals surface area contributed by atoms with E-state index in [1.54, 1.807) is 29.2 Å². The van der Waals surface area contributed by atoms with Gasteiger partial charge >= 0.3 is 0 Å². The van der Waals surface area contributed by atoms with E-state index in [4.69, 9.17) is 0 Å². The first-order valence-electron chi connectivity index (χ1n) is 9.57. The van der Waals surface area contributed by atoms with Crippen molar-refractivity contribution in [2.24, 2.45) is 0 Å². The van der Waals surface area contributed by atoms with Crippen molar-refractivity contribution in [2.45, 2.75) is 43.7 Å². The fourth-order valence-electron chi connectivity index (χ4n) is 3.31. The summed E-state index contributed by atoms with van der Waals surface area (Å²) in [4.78, 5) is 29.8. The average Bonchev–Trinajstić information content (AvgIpc) is 3.19. The van der Waals surface area contributed by atoms with E-state index >= 15 is 0 Å². The monoisotopic (exact) mass is 414 g/mol. The first-order valence-corrected chi connectivity index (χ1v) is 11.7. The Kier molecular flexibility index (Phi) is 7.34. The third kappa shape index (κ3) is 5.26. The Morgan fingerprint density at radius 3 is 2.79 bits per heavy atom. The molecule has 1 aromatic heterocycles. The van der Waals surface area contributed by atoms with Crippen LogP contribution in [0.1, 0.15) is 35.8 Å². The lowest BCUT2D eigenvalue weighted by molar-refractivity contribution is -0.136. The Hall–Kier alpha value is -2.05. The Morgan fingerprint density at radius 2 is 2.07 bits per heavy atom. The van der Waals surface area contributed by atoms with Crippen molar-refractivity contribution in [3.8, 4) is 0 Å². The zero-order chi connectivity index (χ0) is 19.9. The van der Waals surface area contributed by atoms with Crippen molar-refractivity contribution < 1.29 is 9.59 Å². The van der Waals surface area contributed by atoms with Crippen LogP contribution >= 0.6 is 23.1 Å². The minimum absolute atomic E-state index is 0.0183. The van der Waals surface area contributed by atoms with E-state index in [9.17, 15) is 9.59 Å². The summed E-state index contributed by atoms with van der Waals surface area (Å²) in [5, 5.41) is 4.99. The van der Waals surface area contributed by atoms with Gasteiger partial charge in [0.2, 0.25) is 11.8 Å². The van der Waals surface area contributed by atoms with Crippen LogP contribution in [-0.4, -0.2) is 35.6 Å². The van der Waals surface area contributed by atoms with Gasteiger partial charge in [-0.05, 0) is 59.9 Å². The number of thiophene rings is 1. The molecule has 1 N–H and O–H groups in total. The summed E-state index contributed by atoms with van der Waals surface area (Å²) in [5.41, 5.74) is 2.20. The lowest BCUT2D eigenvalue weighted by Gasteiger charge is -2.30. The van der Waals surface area contributed by atoms with Gasteiger partial charge in [0.05, 0.1) is 0 Å². The van der Waals surface area contributed by atoms with Gasteiger partial charge in [0.25, 0.3) is 0 Å². The minimum atomic E-state index is -0.471. The highest BCUT2D eigenvalue weighted by Crippen LogP contribution is 2.24. The Bertz CT molecular complexity index is 842. The molecular weight excluding hydrogens is 388 g/mol. The van der Waals surface area contributed by atoms with Gasteiger partial charge < -0.3 is 10.2 Å². The molecule has 0 spiro atoms. The molecule has 0 fully saturated rings. The number of nitrogens with zero attached hydrogens (tertiary/aromatic N) is 1. The van der Waals surface area contributed by atoms with Crippen molar-refractivity contribution in [1.82, 2.24) is 10.2 Å². The van der Waals surface area contributed by atoms with Crippen molar-refractivity contribution in [3.05, 3.63) is 57.8 Å². The second-order valence-corrected chi connectivity index (χ2v) is 8.72. The maximum absolute atomic E-state index is 13.0. The molecule has 148 valence electrons. The zero-order valence-corrected chi connectivity index (χ0v) is 17.9. The van der Waals surface area contributed by atoms with Crippen molar-refractivity contribution in [2.75, 3.05) is 12.8 Å². The van der Waals surface area contributed by atoms with Crippen LogP contribution < -0.4 is 5.32 Å². The van der Waals surface area contributed by atoms with Crippen LogP contribution in [0.5, 0.6) is 0 Å². The molecule has 0 saturated carbocycles. The molecular formula is C22H26N2O2S2. The van der Waals surface area contributed by atoms with Crippen molar-refractivity contribution in [3.63, 3.8) is 0 Å². The smallest absolute Gasteiger partial charge is 0.245 e. The normalized spacial score (nSPS) is 14.7. The maximum atomic E-state index is 13.0. The number of fused-ring (bicyclic) bond motifs is 1. The van der Waals surface area contributed by atoms with Gasteiger partial charge in [-0.1, -0.05) is 25.5 Å². The number of hydrogen-bond donors (Lipinski definition) is 1. The molecule has 1 unspecified atom stereocenters. The van der Waals surface area contributed by atoms with Gasteiger partial charge in [-0.25, -0.2) is 0 Å². The molecule has 4 nitrogen and oxygen atoms in total. The summed E-state index contributed by atoms with van der Waals surface area (Å²) in [6.07, 6.45) is 7.72. The first-order chi connectivity index (χ1) is 13.6. The highest BCUT2D eigenvalue weighted by Gasteiger charge is 2.27. The zero-order valence-electron chi connectivity index (χ0n) is 16.3. The minimum Gasteiger partial charge on any atom is -0.341 e. The predicted molar refractivity (Wildman–Crippen MR) is 118 cm³/mol. The number of carbonyl (C=O) groups is 2. The summed E-state index contributed by atoms with van der Waals surface area (Å²) < 4.78 is 0. The van der Waals surface area contributed by atoms with Gasteiger partial charge in [0.1, 0.15) is 6.04 Å². The largest absolute Gasteiger partial charge is 0.341 e. The van der Waals surface area contributed by atoms with Crippen LogP contribution in [0.2, 0.25) is 0 Å². The molecule has 6 heteroatoms. The van der Waals surface area contributed by atoms with Gasteiger partial charge in [-0.3, -0.25) is 9.59 Å². The Morgan fingerprint density at radius 1 is 1.29 bits per heavy atom. The second kappa shape index (κ2) is 9.94. The van der Waals surface area contributed by atoms with E-state index in [0.29, 0.717) is 13.0 Å². The summed E-state index contributed by atoms with van der Waals surface area (Å²) in [5.74, 6) is -0.209. The fraction of sp³-hybridized carbons (Fsp3) is 0.364. The Labute approximate surface area is 175 Å². The number of hydrogen-bond acceptors (Lipinski definition) is 4. The first kappa shape index (κ1) is 20.7. The van der Waals surface area contributed by atoms with Crippen LogP contribution in [0.4, 0.5) is 0 Å². The molecule has 0 bridgehead atoms. The van der Waals surface area contributed by atoms with Crippen LogP contribution in [0, 0.1) is 0 Å². The number of carbonyl (C=O) groups excluding carboxylic acids is 2. The standard InChI is InChI=1S/C22H26N2O2S2/c1-3-4-19(22(26)24-13-11-20-17(15-24)12-14-28-20)23-21(25)10-7-16-5-8-18(27-2)9-6-16/h5-10,12,14,19H,3-4,11,13,15H2,1-2H3,(H,23,25)/b10-7+. The molecule has 1 aliphatic rings. The van der Waals surface area contributed by atoms with Crippen LogP contribution in [0.15, 0.2) is 46.7 Å². The summed E-state index contributed by atoms with van der Waals surface area (Å²) in [6.45, 7) is 3.40. The van der Waals surface area contributed by atoms with Gasteiger partial charge in [-0.2, -0.15) is 0 Å². The third-order valence-electron chi connectivity index (χ3n) is 4.85. The van der Waals surface area contributed by atoms with Crippen LogP contribution in [0.25, 0.3) is 6.08 Å². The molecule has 1 atom stereocenters. The summed E-state index contributed by atoms with van der Waals surface area (Å²) >= 11 is 3.44. The predicted octanol–water partition coefficient (Wildman–Crippen LogP) is 4.35. The van der Waals surface area contributed by atoms with Crippen LogP contribution in [-0.2, 0) is 22.6 Å². The highest BCUT2D eigenvalue weighted by molar-refractivity contribution is 7.98. The number of amides is 2. The van der Waals surface area contributed by atoms with Crippen LogP contribution in [0.3, 0.4) is 0 Å². The average molecular weight is 415 g/mol. The maximum Gasteiger partial charge on any atom is 0.245 e. The van der Waals surface area contributed by atoms with Gasteiger partial charge in [0.15, 0.2) is 0 Å². The molecule has 1 aliphatic heterocycles. The molecule has 0 saturated heterocycles. The summed E-state index contributed by atoms with van der Waals surface area (Å²) in [6, 6.07) is 9.65. The number of rotatable bonds is 7. The van der Waals surface area contributed by atoms with Crippen molar-refractivity contribution in [1.29, 1.82) is 0 Å². The second-order valence-electron chi connectivity index (χ2n) is 6.84. The Balaban J connectivity index is 1.60. The topological polar surface area (TPSA) is 49.4 Å². The van der Waals surface area contributed by atoms with Gasteiger partial charge in [0, 0.05) is 28.9 Å². The van der Waals surface area contributed by atoms with E-state index in [0.717, 1.165) is 24.9 Å². The lowest BCUT2D eigenvalue weighted by Crippen LogP contribution is -2.49. The van der Waals surface area contributed by atoms with Crippen molar-refractivity contribution >= 4 is 41.0 Å². The molecule has 2 aromatic rings. The quantitative estimate of drug-likeness (QED) is 0.541. The number of nitrogens with one attached hydrogen (secondary N) is 1. The van der Waals surface area contributed by atoms with Gasteiger partial charge in [-0.15, -0.1) is 23.1 Å². The molecule has 2 amide bonds. The summed E-state index contributed by atoms with van der Waals surface area (Å²) in [7, 11) is 0. The molecule has 0 radical (unpaired) electrons. The molecule has 1 aromatic carbocycles. The molecule has 0 aliphatic carbocycles. The number of benzene rings is 1. The third-order valence-corrected chi connectivity index (χ3v) is 6.62. The van der Waals surface area contributed by atoms with E-state index in [1.807, 2.05) is 42.3 Å². The number of thioether (sulfide) groups is 1. The molecule has 3 rings (SSSR count). The lowest BCUT2D eigenvalue weighted by atomic mass is 10.1. The van der Waals surface area contributed by atoms with E-state index in [1.165, 1.54) is 21.4 Å². The van der Waals surface area contributed by atoms with E-state index in [2.05, 4.69) is 16.8 Å². The SMILES string of the molecule is CCCC(NC(=O)/C=C/c1ccc(SC)cc1)C(=O)N1CCc2sccc2C1. The molecule has 2 heterocycles. The fourth-order valence-corrected chi connectivity index (χ4v) is 4.61. The molecule has 28 heavy (non-hydrogen) atoms.